The number of pyridine rings is 1. The van der Waals surface area contributed by atoms with Crippen molar-refractivity contribution in [3.8, 4) is 17.2 Å². The number of nitrogens with zero attached hydrogens (tertiary/aromatic N) is 5. The predicted molar refractivity (Wildman–Crippen MR) is 291 cm³/mol. The Morgan fingerprint density at radius 1 is 0.961 bits per heavy atom. The number of halogens is 1. The Labute approximate surface area is 444 Å². The number of hydrogen-bond donors (Lipinski definition) is 4. The smallest absolute Gasteiger partial charge is 0.293 e. The number of nitrogens with one attached hydrogen (secondary N) is 3. The molecule has 4 aromatic carbocycles. The van der Waals surface area contributed by atoms with Crippen molar-refractivity contribution in [2.45, 2.75) is 114 Å². The fourth-order valence-electron chi connectivity index (χ4n) is 12.1. The summed E-state index contributed by atoms with van der Waals surface area (Å²) in [6.07, 6.45) is 7.36. The molecule has 4 aliphatic rings. The van der Waals surface area contributed by atoms with E-state index in [9.17, 15) is 32.8 Å². The first kappa shape index (κ1) is 52.8. The Hall–Kier alpha value is -6.60. The number of sulfonamides is 1. The number of carbonyl (C=O) groups is 1. The number of fused-ring (bicyclic) bond motifs is 1. The highest BCUT2D eigenvalue weighted by Crippen LogP contribution is 2.54. The summed E-state index contributed by atoms with van der Waals surface area (Å²) >= 11 is 0. The summed E-state index contributed by atoms with van der Waals surface area (Å²) in [5.74, 6) is 0.432. The number of anilines is 2. The molecule has 76 heavy (non-hydrogen) atoms. The first-order chi connectivity index (χ1) is 36.3. The van der Waals surface area contributed by atoms with E-state index in [0.717, 1.165) is 82.5 Å². The summed E-state index contributed by atoms with van der Waals surface area (Å²) < 4.78 is 56.6. The number of nitro groups is 1. The van der Waals surface area contributed by atoms with E-state index < -0.39 is 42.9 Å². The summed E-state index contributed by atoms with van der Waals surface area (Å²) in [6, 6.07) is 26.0. The van der Waals surface area contributed by atoms with Crippen LogP contribution in [0.25, 0.3) is 11.0 Å². The highest BCUT2D eigenvalue weighted by molar-refractivity contribution is 7.90. The van der Waals surface area contributed by atoms with E-state index in [1.165, 1.54) is 58.9 Å². The van der Waals surface area contributed by atoms with Crippen LogP contribution in [0.3, 0.4) is 0 Å². The minimum absolute atomic E-state index is 0.0170. The van der Waals surface area contributed by atoms with E-state index in [1.807, 2.05) is 0 Å². The Kier molecular flexibility index (Phi) is 14.7. The van der Waals surface area contributed by atoms with Crippen LogP contribution in [-0.2, 0) is 16.6 Å². The maximum atomic E-state index is 14.7. The molecule has 1 amide bonds. The van der Waals surface area contributed by atoms with Gasteiger partial charge >= 0.3 is 0 Å². The number of H-pyrrole nitrogens is 1. The van der Waals surface area contributed by atoms with Crippen molar-refractivity contribution >= 4 is 44.0 Å². The number of piperazine rings is 1. The van der Waals surface area contributed by atoms with Crippen molar-refractivity contribution in [1.82, 2.24) is 24.5 Å². The Morgan fingerprint density at radius 3 is 2.43 bits per heavy atom. The number of nitro benzene ring substituents is 1. The number of aromatic amines is 1. The topological polar surface area (TPSA) is 195 Å². The minimum atomic E-state index is -4.65. The van der Waals surface area contributed by atoms with Gasteiger partial charge in [0.25, 0.3) is 21.6 Å². The van der Waals surface area contributed by atoms with Crippen molar-refractivity contribution in [3.05, 3.63) is 141 Å². The third-order valence-electron chi connectivity index (χ3n) is 16.4. The molecule has 0 radical (unpaired) electrons. The summed E-state index contributed by atoms with van der Waals surface area (Å²) in [5, 5.41) is 25.9. The fraction of sp³-hybridized carbons (Fsp3) is 0.448. The summed E-state index contributed by atoms with van der Waals surface area (Å²) in [6.45, 7) is 16.3. The first-order valence-corrected chi connectivity index (χ1v) is 28.0. The zero-order chi connectivity index (χ0) is 53.7. The maximum absolute atomic E-state index is 14.7. The molecule has 0 unspecified atom stereocenters. The molecule has 402 valence electrons. The van der Waals surface area contributed by atoms with Crippen LogP contribution in [0.2, 0.25) is 0 Å². The van der Waals surface area contributed by atoms with Gasteiger partial charge in [0.05, 0.1) is 39.7 Å². The van der Waals surface area contributed by atoms with Crippen LogP contribution in [0, 0.1) is 27.3 Å². The van der Waals surface area contributed by atoms with E-state index in [-0.39, 0.29) is 45.5 Å². The highest BCUT2D eigenvalue weighted by atomic mass is 32.2. The number of carbonyl (C=O) groups excluding carboxylic acids is 1. The molecular weight excluding hydrogens is 988 g/mol. The molecule has 4 fully saturated rings. The fourth-order valence-corrected chi connectivity index (χ4v) is 13.1. The zero-order valence-corrected chi connectivity index (χ0v) is 45.0. The minimum Gasteiger partial charge on any atom is -0.496 e. The third kappa shape index (κ3) is 11.0. The number of rotatable bonds is 17. The third-order valence-corrected chi connectivity index (χ3v) is 17.7. The molecule has 2 aromatic heterocycles. The summed E-state index contributed by atoms with van der Waals surface area (Å²) in [4.78, 5) is 39.8. The quantitative estimate of drug-likeness (QED) is 0.0498. The number of benzene rings is 4. The Balaban J connectivity index is 0.847. The van der Waals surface area contributed by atoms with Gasteiger partial charge in [0.1, 0.15) is 34.4 Å². The maximum Gasteiger partial charge on any atom is 0.293 e. The molecule has 4 heterocycles. The van der Waals surface area contributed by atoms with Gasteiger partial charge < -0.3 is 29.8 Å². The summed E-state index contributed by atoms with van der Waals surface area (Å²) in [5.41, 5.74) is 5.20. The molecule has 1 atom stereocenters. The van der Waals surface area contributed by atoms with Crippen LogP contribution in [-0.4, -0.2) is 102 Å². The SMILES string of the molecule is COc1cc(CN2CCN(C3CC4(C3)CN(c3ccc(C(=O)NS(=O)(=O)c5ccc(NCC6CCC(C)(O)CC6)c([N+](=O)[O-])c5)c(Oc5cnc6[nH]cc(F)c6c5)c3)C4)[C@H](c3ccccc3C(C)C)C2)ccc1C(C)C. The second-order valence-corrected chi connectivity index (χ2v) is 24.3. The van der Waals surface area contributed by atoms with Crippen LogP contribution in [0.5, 0.6) is 17.2 Å². The van der Waals surface area contributed by atoms with Gasteiger partial charge in [-0.1, -0.05) is 64.1 Å². The molecule has 18 heteroatoms. The number of aliphatic hydroxyl groups is 1. The lowest BCUT2D eigenvalue weighted by Crippen LogP contribution is -2.68. The van der Waals surface area contributed by atoms with Crippen LogP contribution >= 0.6 is 0 Å². The molecule has 10 rings (SSSR count). The van der Waals surface area contributed by atoms with Gasteiger partial charge in [0.2, 0.25) is 0 Å². The van der Waals surface area contributed by atoms with Gasteiger partial charge in [-0.25, -0.2) is 22.5 Å². The van der Waals surface area contributed by atoms with Gasteiger partial charge in [0, 0.05) is 87.3 Å². The molecule has 0 bridgehead atoms. The van der Waals surface area contributed by atoms with Crippen molar-refractivity contribution in [1.29, 1.82) is 0 Å². The van der Waals surface area contributed by atoms with Gasteiger partial charge in [0.15, 0.2) is 0 Å². The summed E-state index contributed by atoms with van der Waals surface area (Å²) in [7, 11) is -2.90. The lowest BCUT2D eigenvalue weighted by molar-refractivity contribution is -0.384. The van der Waals surface area contributed by atoms with Crippen LogP contribution in [0.1, 0.15) is 124 Å². The molecule has 4 N–H and O–H groups in total. The average Bonchev–Trinajstić information content (AvgIpc) is 3.79. The second-order valence-electron chi connectivity index (χ2n) is 22.6. The number of aromatic nitrogens is 2. The van der Waals surface area contributed by atoms with E-state index in [0.29, 0.717) is 42.9 Å². The standard InChI is InChI=1S/C58H69FN8O8S/c1-36(2)44-9-7-8-10-46(44)52-33-64(32-39-11-14-45(37(3)4)53(23-39)74-6)21-22-66(52)41-27-58(28-41)34-65(35-58)40-12-15-47(54(24-40)75-42-25-48-49(59)31-62-55(48)61-30-42)56(68)63-76(72,73)43-13-16-50(51(26-43)67(70)71)60-29-38-17-19-57(5,69)20-18-38/h7-16,23-26,30-31,36-38,41,52,60,69H,17-22,27-29,32-35H2,1-6H3,(H,61,62)(H,63,68)/t38?,52-,57?/m0/s1. The lowest BCUT2D eigenvalue weighted by atomic mass is 9.59. The highest BCUT2D eigenvalue weighted by Gasteiger charge is 2.55. The monoisotopic (exact) mass is 1060 g/mol. The Morgan fingerprint density at radius 2 is 1.71 bits per heavy atom. The van der Waals surface area contributed by atoms with Crippen LogP contribution in [0.15, 0.2) is 102 Å². The van der Waals surface area contributed by atoms with Gasteiger partial charge in [-0.05, 0) is 122 Å². The molecular formula is C58H69FN8O8S. The number of hydrogen-bond acceptors (Lipinski definition) is 13. The zero-order valence-electron chi connectivity index (χ0n) is 44.1. The lowest BCUT2D eigenvalue weighted by Gasteiger charge is -2.63. The van der Waals surface area contributed by atoms with Crippen LogP contribution < -0.4 is 24.4 Å². The number of methoxy groups -OCH3 is 1. The molecule has 2 saturated carbocycles. The second kappa shape index (κ2) is 21.1. The molecule has 6 aromatic rings. The van der Waals surface area contributed by atoms with Crippen molar-refractivity contribution < 1.29 is 37.1 Å². The molecule has 2 aliphatic carbocycles. The Bertz CT molecular complexity index is 3250. The van der Waals surface area contributed by atoms with Gasteiger partial charge in [-0.15, -0.1) is 0 Å². The van der Waals surface area contributed by atoms with Crippen molar-refractivity contribution in [2.24, 2.45) is 11.3 Å². The van der Waals surface area contributed by atoms with Gasteiger partial charge in [-0.3, -0.25) is 24.7 Å². The average molecular weight is 1060 g/mol. The van der Waals surface area contributed by atoms with E-state index >= 15 is 0 Å². The number of amides is 1. The normalized spacial score (nSPS) is 21.2. The predicted octanol–water partition coefficient (Wildman–Crippen LogP) is 10.7. The van der Waals surface area contributed by atoms with Crippen molar-refractivity contribution in [2.75, 3.05) is 56.6 Å². The molecule has 2 aliphatic heterocycles. The molecule has 1 spiro atoms. The largest absolute Gasteiger partial charge is 0.496 e. The molecule has 16 nitrogen and oxygen atoms in total. The van der Waals surface area contributed by atoms with Gasteiger partial charge in [-0.2, -0.15) is 0 Å². The van der Waals surface area contributed by atoms with E-state index in [1.54, 1.807) is 26.2 Å². The number of ether oxygens (including phenoxy) is 2. The molecule has 2 saturated heterocycles. The van der Waals surface area contributed by atoms with E-state index in [2.05, 4.69) is 105 Å². The first-order valence-electron chi connectivity index (χ1n) is 26.5. The van der Waals surface area contributed by atoms with Crippen molar-refractivity contribution in [3.63, 3.8) is 0 Å². The van der Waals surface area contributed by atoms with Crippen LogP contribution in [0.4, 0.5) is 21.5 Å². The van der Waals surface area contributed by atoms with E-state index in [4.69, 9.17) is 9.47 Å².